The summed E-state index contributed by atoms with van der Waals surface area (Å²) in [6, 6.07) is 0. The smallest absolute Gasteiger partial charge is 0.347 e. The standard InChI is InChI=1S/C18H26O4/c1-4-16(19)21-11(3)17(20)22-18(5-2)14-7-12-6-13(9-14)10-15(18)8-12/h4,11-15H,1,5-10H2,2-3H3. The quantitative estimate of drug-likeness (QED) is 0.578. The number of hydrogen-bond acceptors (Lipinski definition) is 4. The number of esters is 2. The van der Waals surface area contributed by atoms with E-state index in [1.807, 2.05) is 0 Å². The van der Waals surface area contributed by atoms with Gasteiger partial charge in [0, 0.05) is 6.08 Å². The highest BCUT2D eigenvalue weighted by atomic mass is 16.6. The summed E-state index contributed by atoms with van der Waals surface area (Å²) in [6.07, 6.45) is 7.19. The second-order valence-electron chi connectivity index (χ2n) is 7.32. The van der Waals surface area contributed by atoms with Crippen LogP contribution in [0.15, 0.2) is 12.7 Å². The maximum absolute atomic E-state index is 12.4. The molecule has 122 valence electrons. The highest BCUT2D eigenvalue weighted by Crippen LogP contribution is 2.60. The summed E-state index contributed by atoms with van der Waals surface area (Å²) in [6.45, 7) is 7.05. The van der Waals surface area contributed by atoms with Crippen LogP contribution in [-0.2, 0) is 19.1 Å². The van der Waals surface area contributed by atoms with Crippen LogP contribution < -0.4 is 0 Å². The predicted octanol–water partition coefficient (Wildman–Crippen LogP) is 3.25. The van der Waals surface area contributed by atoms with Crippen molar-refractivity contribution in [3.8, 4) is 0 Å². The van der Waals surface area contributed by atoms with Gasteiger partial charge in [-0.15, -0.1) is 0 Å². The summed E-state index contributed by atoms with van der Waals surface area (Å²) in [5, 5.41) is 0. The van der Waals surface area contributed by atoms with Crippen molar-refractivity contribution in [3.63, 3.8) is 0 Å². The molecule has 22 heavy (non-hydrogen) atoms. The number of carbonyl (C=O) groups is 2. The fourth-order valence-corrected chi connectivity index (χ4v) is 5.34. The Morgan fingerprint density at radius 2 is 1.73 bits per heavy atom. The van der Waals surface area contributed by atoms with Crippen LogP contribution >= 0.6 is 0 Å². The van der Waals surface area contributed by atoms with Crippen molar-refractivity contribution in [3.05, 3.63) is 12.7 Å². The average molecular weight is 306 g/mol. The van der Waals surface area contributed by atoms with Crippen LogP contribution in [0.5, 0.6) is 0 Å². The first-order valence-corrected chi connectivity index (χ1v) is 8.54. The van der Waals surface area contributed by atoms with Crippen molar-refractivity contribution in [2.75, 3.05) is 0 Å². The van der Waals surface area contributed by atoms with E-state index in [9.17, 15) is 9.59 Å². The average Bonchev–Trinajstić information content (AvgIpc) is 2.49. The van der Waals surface area contributed by atoms with E-state index in [4.69, 9.17) is 9.47 Å². The van der Waals surface area contributed by atoms with E-state index in [0.29, 0.717) is 11.8 Å². The van der Waals surface area contributed by atoms with Gasteiger partial charge in [0.05, 0.1) is 0 Å². The van der Waals surface area contributed by atoms with E-state index in [1.165, 1.54) is 32.1 Å². The summed E-state index contributed by atoms with van der Waals surface area (Å²) in [5.74, 6) is 1.64. The van der Waals surface area contributed by atoms with Crippen molar-refractivity contribution >= 4 is 11.9 Å². The normalized spacial score (nSPS) is 40.1. The van der Waals surface area contributed by atoms with E-state index in [1.54, 1.807) is 6.92 Å². The van der Waals surface area contributed by atoms with Gasteiger partial charge in [0.1, 0.15) is 5.60 Å². The molecule has 1 unspecified atom stereocenters. The molecule has 4 aliphatic carbocycles. The molecular formula is C18H26O4. The molecule has 4 bridgehead atoms. The molecule has 4 saturated carbocycles. The maximum Gasteiger partial charge on any atom is 0.347 e. The van der Waals surface area contributed by atoms with Crippen molar-refractivity contribution in [1.29, 1.82) is 0 Å². The highest BCUT2D eigenvalue weighted by molar-refractivity contribution is 5.85. The zero-order valence-electron chi connectivity index (χ0n) is 13.5. The zero-order valence-corrected chi connectivity index (χ0v) is 13.5. The maximum atomic E-state index is 12.4. The summed E-state index contributed by atoms with van der Waals surface area (Å²) < 4.78 is 11.0. The summed E-state index contributed by atoms with van der Waals surface area (Å²) in [4.78, 5) is 23.7. The molecule has 4 nitrogen and oxygen atoms in total. The molecule has 0 spiro atoms. The molecule has 4 rings (SSSR count). The minimum absolute atomic E-state index is 0.334. The van der Waals surface area contributed by atoms with Crippen molar-refractivity contribution in [2.45, 2.75) is 64.1 Å². The van der Waals surface area contributed by atoms with Crippen molar-refractivity contribution in [2.24, 2.45) is 23.7 Å². The zero-order chi connectivity index (χ0) is 15.9. The summed E-state index contributed by atoms with van der Waals surface area (Å²) in [7, 11) is 0. The monoisotopic (exact) mass is 306 g/mol. The lowest BCUT2D eigenvalue weighted by Gasteiger charge is -2.60. The minimum atomic E-state index is -0.869. The lowest BCUT2D eigenvalue weighted by Crippen LogP contribution is -2.60. The van der Waals surface area contributed by atoms with Crippen LogP contribution in [0.3, 0.4) is 0 Å². The molecule has 0 heterocycles. The molecule has 0 aromatic heterocycles. The molecule has 1 atom stereocenters. The molecule has 4 heteroatoms. The first-order valence-electron chi connectivity index (χ1n) is 8.54. The van der Waals surface area contributed by atoms with Crippen LogP contribution in [0.4, 0.5) is 0 Å². The third-order valence-electron chi connectivity index (χ3n) is 6.15. The molecule has 0 N–H and O–H groups in total. The Balaban J connectivity index is 1.72. The van der Waals surface area contributed by atoms with Gasteiger partial charge >= 0.3 is 11.9 Å². The van der Waals surface area contributed by atoms with Gasteiger partial charge in [-0.3, -0.25) is 0 Å². The Labute approximate surface area is 132 Å². The van der Waals surface area contributed by atoms with E-state index in [2.05, 4.69) is 13.5 Å². The van der Waals surface area contributed by atoms with Crippen molar-refractivity contribution < 1.29 is 19.1 Å². The van der Waals surface area contributed by atoms with E-state index in [-0.39, 0.29) is 5.60 Å². The lowest BCUT2D eigenvalue weighted by atomic mass is 9.49. The van der Waals surface area contributed by atoms with Crippen LogP contribution in [0.2, 0.25) is 0 Å². The Bertz CT molecular complexity index is 453. The molecule has 4 aliphatic rings. The van der Waals surface area contributed by atoms with E-state index < -0.39 is 18.0 Å². The number of hydrogen-bond donors (Lipinski definition) is 0. The van der Waals surface area contributed by atoms with Crippen LogP contribution in [-0.4, -0.2) is 23.6 Å². The summed E-state index contributed by atoms with van der Waals surface area (Å²) in [5.41, 5.74) is -0.334. The molecule has 0 radical (unpaired) electrons. The SMILES string of the molecule is C=CC(=O)OC(C)C(=O)OC1(CC)C2CC3CC(C2)CC1C3. The fourth-order valence-electron chi connectivity index (χ4n) is 5.34. The van der Waals surface area contributed by atoms with Crippen LogP contribution in [0.25, 0.3) is 0 Å². The second kappa shape index (κ2) is 5.71. The molecule has 4 fully saturated rings. The van der Waals surface area contributed by atoms with Crippen LogP contribution in [0.1, 0.15) is 52.4 Å². The lowest BCUT2D eigenvalue weighted by molar-refractivity contribution is -0.218. The van der Waals surface area contributed by atoms with Gasteiger partial charge in [-0.25, -0.2) is 9.59 Å². The Morgan fingerprint density at radius 3 is 2.18 bits per heavy atom. The van der Waals surface area contributed by atoms with Gasteiger partial charge in [-0.05, 0) is 69.1 Å². The predicted molar refractivity (Wildman–Crippen MR) is 81.9 cm³/mol. The van der Waals surface area contributed by atoms with Gasteiger partial charge in [-0.2, -0.15) is 0 Å². The molecular weight excluding hydrogens is 280 g/mol. The first kappa shape index (κ1) is 15.6. The number of rotatable bonds is 5. The first-order chi connectivity index (χ1) is 10.5. The topological polar surface area (TPSA) is 52.6 Å². The van der Waals surface area contributed by atoms with Crippen LogP contribution in [0, 0.1) is 23.7 Å². The summed E-state index contributed by atoms with van der Waals surface area (Å²) >= 11 is 0. The molecule has 0 amide bonds. The Kier molecular flexibility index (Phi) is 4.04. The molecule has 0 aliphatic heterocycles. The second-order valence-corrected chi connectivity index (χ2v) is 7.32. The largest absolute Gasteiger partial charge is 0.456 e. The van der Waals surface area contributed by atoms with E-state index >= 15 is 0 Å². The fraction of sp³-hybridized carbons (Fsp3) is 0.778. The van der Waals surface area contributed by atoms with Gasteiger partial charge < -0.3 is 9.47 Å². The number of carbonyl (C=O) groups excluding carboxylic acids is 2. The van der Waals surface area contributed by atoms with Crippen molar-refractivity contribution in [1.82, 2.24) is 0 Å². The Morgan fingerprint density at radius 1 is 1.18 bits per heavy atom. The van der Waals surface area contributed by atoms with E-state index in [0.717, 1.165) is 24.3 Å². The van der Waals surface area contributed by atoms with Gasteiger partial charge in [-0.1, -0.05) is 13.5 Å². The molecule has 0 aromatic carbocycles. The van der Waals surface area contributed by atoms with Gasteiger partial charge in [0.2, 0.25) is 0 Å². The number of ether oxygens (including phenoxy) is 2. The molecule has 0 saturated heterocycles. The Hall–Kier alpha value is -1.32. The third kappa shape index (κ3) is 2.46. The van der Waals surface area contributed by atoms with Gasteiger partial charge in [0.25, 0.3) is 0 Å². The third-order valence-corrected chi connectivity index (χ3v) is 6.15. The highest BCUT2D eigenvalue weighted by Gasteiger charge is 2.58. The minimum Gasteiger partial charge on any atom is -0.456 e. The van der Waals surface area contributed by atoms with Gasteiger partial charge in [0.15, 0.2) is 6.10 Å². The molecule has 0 aromatic rings.